The van der Waals surface area contributed by atoms with E-state index in [1.54, 1.807) is 4.90 Å². The Morgan fingerprint density at radius 2 is 1.95 bits per heavy atom. The van der Waals surface area contributed by atoms with Crippen LogP contribution in [0.4, 0.5) is 10.5 Å². The van der Waals surface area contributed by atoms with E-state index in [0.29, 0.717) is 13.1 Å². The van der Waals surface area contributed by atoms with Crippen molar-refractivity contribution in [3.63, 3.8) is 0 Å². The zero-order valence-corrected chi connectivity index (χ0v) is 10.5. The Bertz CT molecular complexity index is 601. The normalized spacial score (nSPS) is 15.3. The molecular formula is C15H16N2O2. The van der Waals surface area contributed by atoms with Crippen LogP contribution in [0.2, 0.25) is 0 Å². The van der Waals surface area contributed by atoms with Crippen molar-refractivity contribution in [2.75, 3.05) is 25.0 Å². The first-order valence-corrected chi connectivity index (χ1v) is 6.42. The van der Waals surface area contributed by atoms with Crippen molar-refractivity contribution >= 4 is 22.5 Å². The zero-order valence-electron chi connectivity index (χ0n) is 10.5. The summed E-state index contributed by atoms with van der Waals surface area (Å²) in [6.07, 6.45) is 0. The molecule has 2 amide bonds. The van der Waals surface area contributed by atoms with E-state index >= 15 is 0 Å². The smallest absolute Gasteiger partial charge is 0.321 e. The summed E-state index contributed by atoms with van der Waals surface area (Å²) < 4.78 is 0. The highest BCUT2D eigenvalue weighted by atomic mass is 16.3. The third kappa shape index (κ3) is 2.27. The number of nitrogens with one attached hydrogen (secondary N) is 1. The van der Waals surface area contributed by atoms with E-state index in [0.717, 1.165) is 16.5 Å². The van der Waals surface area contributed by atoms with E-state index in [-0.39, 0.29) is 18.6 Å². The summed E-state index contributed by atoms with van der Waals surface area (Å²) in [5.74, 6) is 0.235. The third-order valence-corrected chi connectivity index (χ3v) is 3.53. The number of anilines is 1. The number of benzene rings is 2. The number of urea groups is 1. The highest BCUT2D eigenvalue weighted by Gasteiger charge is 2.29. The van der Waals surface area contributed by atoms with E-state index in [1.807, 2.05) is 42.5 Å². The molecule has 0 spiro atoms. The van der Waals surface area contributed by atoms with Crippen LogP contribution in [0.5, 0.6) is 0 Å². The summed E-state index contributed by atoms with van der Waals surface area (Å²) in [6, 6.07) is 13.7. The van der Waals surface area contributed by atoms with Gasteiger partial charge in [-0.2, -0.15) is 0 Å². The molecule has 3 rings (SSSR count). The van der Waals surface area contributed by atoms with Crippen LogP contribution >= 0.6 is 0 Å². The molecule has 1 aliphatic rings. The van der Waals surface area contributed by atoms with Crippen molar-refractivity contribution in [2.45, 2.75) is 0 Å². The fourth-order valence-corrected chi connectivity index (χ4v) is 2.38. The number of aliphatic hydroxyl groups is 1. The van der Waals surface area contributed by atoms with Gasteiger partial charge in [0.2, 0.25) is 0 Å². The highest BCUT2D eigenvalue weighted by molar-refractivity contribution is 6.01. The second-order valence-electron chi connectivity index (χ2n) is 4.91. The van der Waals surface area contributed by atoms with Crippen LogP contribution in [0, 0.1) is 5.92 Å². The summed E-state index contributed by atoms with van der Waals surface area (Å²) in [5.41, 5.74) is 0.829. The molecule has 4 nitrogen and oxygen atoms in total. The van der Waals surface area contributed by atoms with Crippen LogP contribution < -0.4 is 5.32 Å². The number of rotatable bonds is 2. The first kappa shape index (κ1) is 12.0. The second-order valence-corrected chi connectivity index (χ2v) is 4.91. The average Bonchev–Trinajstić information content (AvgIpc) is 2.38. The maximum Gasteiger partial charge on any atom is 0.321 e. The van der Waals surface area contributed by atoms with Gasteiger partial charge < -0.3 is 15.3 Å². The van der Waals surface area contributed by atoms with Gasteiger partial charge in [-0.3, -0.25) is 0 Å². The van der Waals surface area contributed by atoms with Gasteiger partial charge in [0.1, 0.15) is 0 Å². The van der Waals surface area contributed by atoms with E-state index in [1.165, 1.54) is 0 Å². The minimum Gasteiger partial charge on any atom is -0.396 e. The average molecular weight is 256 g/mol. The number of carbonyl (C=O) groups excluding carboxylic acids is 1. The Kier molecular flexibility index (Phi) is 3.09. The van der Waals surface area contributed by atoms with Gasteiger partial charge in [0.05, 0.1) is 5.69 Å². The molecule has 1 heterocycles. The first-order chi connectivity index (χ1) is 9.28. The molecule has 0 aromatic heterocycles. The molecule has 1 saturated heterocycles. The van der Waals surface area contributed by atoms with Crippen molar-refractivity contribution in [3.05, 3.63) is 42.5 Å². The molecule has 2 aromatic rings. The molecule has 19 heavy (non-hydrogen) atoms. The van der Waals surface area contributed by atoms with E-state index in [2.05, 4.69) is 5.32 Å². The predicted molar refractivity (Wildman–Crippen MR) is 75.1 cm³/mol. The van der Waals surface area contributed by atoms with Crippen molar-refractivity contribution in [1.29, 1.82) is 0 Å². The molecule has 0 aliphatic carbocycles. The Balaban J connectivity index is 1.77. The molecule has 98 valence electrons. The lowest BCUT2D eigenvalue weighted by atomic mass is 10.0. The molecule has 2 N–H and O–H groups in total. The molecule has 0 bridgehead atoms. The monoisotopic (exact) mass is 256 g/mol. The van der Waals surface area contributed by atoms with Gasteiger partial charge >= 0.3 is 6.03 Å². The highest BCUT2D eigenvalue weighted by Crippen LogP contribution is 2.24. The quantitative estimate of drug-likeness (QED) is 0.866. The van der Waals surface area contributed by atoms with Crippen molar-refractivity contribution in [2.24, 2.45) is 5.92 Å². The molecule has 0 unspecified atom stereocenters. The van der Waals surface area contributed by atoms with Crippen molar-refractivity contribution < 1.29 is 9.90 Å². The van der Waals surface area contributed by atoms with E-state index in [4.69, 9.17) is 5.11 Å². The molecule has 0 radical (unpaired) electrons. The zero-order chi connectivity index (χ0) is 13.2. The maximum atomic E-state index is 12.0. The first-order valence-electron chi connectivity index (χ1n) is 6.42. The number of aliphatic hydroxyl groups excluding tert-OH is 1. The minimum atomic E-state index is -0.0962. The summed E-state index contributed by atoms with van der Waals surface area (Å²) in [7, 11) is 0. The maximum absolute atomic E-state index is 12.0. The lowest BCUT2D eigenvalue weighted by molar-refractivity contribution is 0.0838. The molecule has 1 fully saturated rings. The van der Waals surface area contributed by atoms with Gasteiger partial charge in [0.25, 0.3) is 0 Å². The molecule has 2 aromatic carbocycles. The molecule has 0 saturated carbocycles. The number of amides is 2. The van der Waals surface area contributed by atoms with Gasteiger partial charge in [0, 0.05) is 31.0 Å². The number of nitrogens with zero attached hydrogens (tertiary/aromatic N) is 1. The van der Waals surface area contributed by atoms with Crippen molar-refractivity contribution in [3.8, 4) is 0 Å². The van der Waals surface area contributed by atoms with Crippen LogP contribution in [-0.4, -0.2) is 35.7 Å². The number of carbonyl (C=O) groups is 1. The third-order valence-electron chi connectivity index (χ3n) is 3.53. The van der Waals surface area contributed by atoms with Crippen molar-refractivity contribution in [1.82, 2.24) is 4.90 Å². The van der Waals surface area contributed by atoms with Crippen LogP contribution in [0.1, 0.15) is 0 Å². The molecular weight excluding hydrogens is 240 g/mol. The topological polar surface area (TPSA) is 52.6 Å². The molecule has 0 atom stereocenters. The Hall–Kier alpha value is -2.07. The number of likely N-dealkylation sites (tertiary alicyclic amines) is 1. The SMILES string of the molecule is O=C(Nc1cccc2ccccc12)N1CC(CO)C1. The molecule has 4 heteroatoms. The Morgan fingerprint density at radius 1 is 1.21 bits per heavy atom. The van der Waals surface area contributed by atoms with Crippen LogP contribution in [0.3, 0.4) is 0 Å². The standard InChI is InChI=1S/C15H16N2O2/c18-10-11-8-17(9-11)15(19)16-14-7-3-5-12-4-1-2-6-13(12)14/h1-7,11,18H,8-10H2,(H,16,19). The second kappa shape index (κ2) is 4.90. The van der Waals surface area contributed by atoms with Crippen LogP contribution in [0.15, 0.2) is 42.5 Å². The van der Waals surface area contributed by atoms with Gasteiger partial charge in [-0.05, 0) is 11.5 Å². The summed E-state index contributed by atoms with van der Waals surface area (Å²) >= 11 is 0. The Morgan fingerprint density at radius 3 is 2.74 bits per heavy atom. The predicted octanol–water partition coefficient (Wildman–Crippen LogP) is 2.30. The number of hydrogen-bond acceptors (Lipinski definition) is 2. The largest absolute Gasteiger partial charge is 0.396 e. The lowest BCUT2D eigenvalue weighted by Gasteiger charge is -2.38. The van der Waals surface area contributed by atoms with Gasteiger partial charge in [0.15, 0.2) is 0 Å². The van der Waals surface area contributed by atoms with Gasteiger partial charge in [-0.1, -0.05) is 36.4 Å². The minimum absolute atomic E-state index is 0.0962. The van der Waals surface area contributed by atoms with Gasteiger partial charge in [-0.25, -0.2) is 4.79 Å². The van der Waals surface area contributed by atoms with Crippen LogP contribution in [-0.2, 0) is 0 Å². The van der Waals surface area contributed by atoms with Gasteiger partial charge in [-0.15, -0.1) is 0 Å². The summed E-state index contributed by atoms with van der Waals surface area (Å²) in [4.78, 5) is 13.7. The Labute approximate surface area is 111 Å². The fraction of sp³-hybridized carbons (Fsp3) is 0.267. The number of hydrogen-bond donors (Lipinski definition) is 2. The fourth-order valence-electron chi connectivity index (χ4n) is 2.38. The van der Waals surface area contributed by atoms with E-state index in [9.17, 15) is 4.79 Å². The summed E-state index contributed by atoms with van der Waals surface area (Å²) in [5, 5.41) is 14.0. The molecule has 1 aliphatic heterocycles. The van der Waals surface area contributed by atoms with E-state index < -0.39 is 0 Å². The van der Waals surface area contributed by atoms with Crippen LogP contribution in [0.25, 0.3) is 10.8 Å². The lowest BCUT2D eigenvalue weighted by Crippen LogP contribution is -2.52. The number of fused-ring (bicyclic) bond motifs is 1. The summed E-state index contributed by atoms with van der Waals surface area (Å²) in [6.45, 7) is 1.41.